The van der Waals surface area contributed by atoms with E-state index in [4.69, 9.17) is 9.47 Å². The fourth-order valence-electron chi connectivity index (χ4n) is 3.90. The van der Waals surface area contributed by atoms with Crippen molar-refractivity contribution in [2.24, 2.45) is 0 Å². The maximum atomic E-state index is 12.4. The van der Waals surface area contributed by atoms with E-state index in [2.05, 4.69) is 16.7 Å². The predicted molar refractivity (Wildman–Crippen MR) is 120 cm³/mol. The largest absolute Gasteiger partial charge is 0.490 e. The Morgan fingerprint density at radius 2 is 1.68 bits per heavy atom. The number of ether oxygens (including phenoxy) is 2. The molecule has 7 heteroatoms. The first-order valence-electron chi connectivity index (χ1n) is 10.8. The molecule has 3 N–H and O–H groups in total. The van der Waals surface area contributed by atoms with Gasteiger partial charge in [-0.1, -0.05) is 17.7 Å². The molecule has 0 radical (unpaired) electrons. The number of fused-ring (bicyclic) bond motifs is 1. The van der Waals surface area contributed by atoms with Gasteiger partial charge in [0.15, 0.2) is 18.0 Å². The third-order valence-electron chi connectivity index (χ3n) is 5.35. The van der Waals surface area contributed by atoms with Gasteiger partial charge in [0.05, 0.1) is 19.8 Å². The molecular formula is C24H32N3O4+. The van der Waals surface area contributed by atoms with Gasteiger partial charge in [-0.15, -0.1) is 0 Å². The lowest BCUT2D eigenvalue weighted by molar-refractivity contribution is -0.908. The van der Waals surface area contributed by atoms with Crippen molar-refractivity contribution in [2.75, 3.05) is 31.6 Å². The molecule has 0 bridgehead atoms. The fraction of sp³-hybridized carbons (Fsp3) is 0.417. The highest BCUT2D eigenvalue weighted by molar-refractivity contribution is 6.01. The lowest BCUT2D eigenvalue weighted by Gasteiger charge is -2.26. The van der Waals surface area contributed by atoms with Crippen molar-refractivity contribution in [3.63, 3.8) is 0 Å². The second-order valence-electron chi connectivity index (χ2n) is 7.86. The summed E-state index contributed by atoms with van der Waals surface area (Å²) in [6.45, 7) is 10.7. The maximum absolute atomic E-state index is 12.4. The molecule has 0 fully saturated rings. The van der Waals surface area contributed by atoms with Gasteiger partial charge in [0.1, 0.15) is 6.54 Å². The maximum Gasteiger partial charge on any atom is 0.326 e. The quantitative estimate of drug-likeness (QED) is 0.635. The average Bonchev–Trinajstić information content (AvgIpc) is 2.71. The van der Waals surface area contributed by atoms with Gasteiger partial charge in [-0.3, -0.25) is 10.1 Å². The highest BCUT2D eigenvalue weighted by Crippen LogP contribution is 2.32. The van der Waals surface area contributed by atoms with Gasteiger partial charge >= 0.3 is 6.03 Å². The normalized spacial score (nSPS) is 15.0. The van der Waals surface area contributed by atoms with Crippen molar-refractivity contribution in [1.82, 2.24) is 5.32 Å². The predicted octanol–water partition coefficient (Wildman–Crippen LogP) is 2.39. The molecule has 0 aromatic heterocycles. The summed E-state index contributed by atoms with van der Waals surface area (Å²) in [6.07, 6.45) is 0.846. The van der Waals surface area contributed by atoms with Crippen LogP contribution in [-0.2, 0) is 17.8 Å². The van der Waals surface area contributed by atoms with Crippen LogP contribution >= 0.6 is 0 Å². The summed E-state index contributed by atoms with van der Waals surface area (Å²) in [7, 11) is 0. The minimum Gasteiger partial charge on any atom is -0.490 e. The molecule has 31 heavy (non-hydrogen) atoms. The zero-order chi connectivity index (χ0) is 22.4. The van der Waals surface area contributed by atoms with Crippen molar-refractivity contribution >= 4 is 17.6 Å². The Balaban J connectivity index is 1.58. The van der Waals surface area contributed by atoms with Crippen molar-refractivity contribution in [2.45, 2.75) is 40.7 Å². The molecule has 0 saturated heterocycles. The molecule has 3 rings (SSSR count). The summed E-state index contributed by atoms with van der Waals surface area (Å²) in [5.41, 5.74) is 5.15. The smallest absolute Gasteiger partial charge is 0.326 e. The van der Waals surface area contributed by atoms with E-state index in [0.717, 1.165) is 46.1 Å². The Bertz CT molecular complexity index is 958. The number of amides is 3. The molecule has 2 aromatic rings. The second-order valence-corrected chi connectivity index (χ2v) is 7.86. The van der Waals surface area contributed by atoms with Crippen LogP contribution in [0.25, 0.3) is 0 Å². The molecule has 166 valence electrons. The van der Waals surface area contributed by atoms with E-state index in [1.165, 1.54) is 5.56 Å². The topological polar surface area (TPSA) is 81.1 Å². The highest BCUT2D eigenvalue weighted by atomic mass is 16.5. The zero-order valence-electron chi connectivity index (χ0n) is 18.8. The van der Waals surface area contributed by atoms with Crippen LogP contribution in [0.2, 0.25) is 0 Å². The summed E-state index contributed by atoms with van der Waals surface area (Å²) in [6, 6.07) is 9.32. The van der Waals surface area contributed by atoms with Gasteiger partial charge in [0.25, 0.3) is 5.91 Å². The molecular weight excluding hydrogens is 394 g/mol. The van der Waals surface area contributed by atoms with Gasteiger partial charge in [-0.05, 0) is 57.0 Å². The standard InChI is InChI=1S/C24H31N3O4/c1-5-30-21-12-18-9-10-27(14-19(18)13-22(21)31-6-2)15-23(28)26-24(29)25-20-8-7-16(3)11-17(20)4/h7-8,11-13H,5-6,9-10,14-15H2,1-4H3,(H2,25,26,28,29)/p+1. The second kappa shape index (κ2) is 10.3. The van der Waals surface area contributed by atoms with Crippen LogP contribution in [0.5, 0.6) is 11.5 Å². The number of nitrogens with one attached hydrogen (secondary N) is 3. The van der Waals surface area contributed by atoms with E-state index in [9.17, 15) is 9.59 Å². The first kappa shape index (κ1) is 22.6. The number of urea groups is 1. The number of anilines is 1. The fourth-order valence-corrected chi connectivity index (χ4v) is 3.90. The lowest BCUT2D eigenvalue weighted by Crippen LogP contribution is -3.13. The molecule has 3 amide bonds. The van der Waals surface area contributed by atoms with E-state index < -0.39 is 6.03 Å². The molecule has 1 unspecified atom stereocenters. The molecule has 7 nitrogen and oxygen atoms in total. The Labute approximate surface area is 183 Å². The highest BCUT2D eigenvalue weighted by Gasteiger charge is 2.25. The van der Waals surface area contributed by atoms with Gasteiger partial charge in [0, 0.05) is 17.7 Å². The summed E-state index contributed by atoms with van der Waals surface area (Å²) in [5, 5.41) is 5.19. The number of benzene rings is 2. The Morgan fingerprint density at radius 3 is 2.32 bits per heavy atom. The number of hydrogen-bond acceptors (Lipinski definition) is 4. The Kier molecular flexibility index (Phi) is 7.52. The number of aryl methyl sites for hydroxylation is 2. The molecule has 1 heterocycles. The summed E-state index contributed by atoms with van der Waals surface area (Å²) >= 11 is 0. The monoisotopic (exact) mass is 426 g/mol. The SMILES string of the molecule is CCOc1cc2c(cc1OCC)C[NH+](CC(=O)NC(=O)Nc1ccc(C)cc1C)CC2. The average molecular weight is 427 g/mol. The van der Waals surface area contributed by atoms with Gasteiger partial charge < -0.3 is 19.7 Å². The first-order chi connectivity index (χ1) is 14.9. The molecule has 1 atom stereocenters. The number of quaternary nitrogens is 1. The van der Waals surface area contributed by atoms with Crippen molar-refractivity contribution in [1.29, 1.82) is 0 Å². The van der Waals surface area contributed by atoms with Gasteiger partial charge in [-0.2, -0.15) is 0 Å². The Morgan fingerprint density at radius 1 is 1.00 bits per heavy atom. The van der Waals surface area contributed by atoms with E-state index >= 15 is 0 Å². The van der Waals surface area contributed by atoms with Crippen LogP contribution in [0, 0.1) is 13.8 Å². The van der Waals surface area contributed by atoms with E-state index in [0.29, 0.717) is 25.4 Å². The van der Waals surface area contributed by atoms with Gasteiger partial charge in [0.2, 0.25) is 0 Å². The number of hydrogen-bond donors (Lipinski definition) is 3. The minimum absolute atomic E-state index is 0.233. The molecule has 2 aromatic carbocycles. The molecule has 1 aliphatic heterocycles. The zero-order valence-corrected chi connectivity index (χ0v) is 18.8. The van der Waals surface area contributed by atoms with Crippen LogP contribution in [-0.4, -0.2) is 38.2 Å². The van der Waals surface area contributed by atoms with E-state index in [1.807, 2.05) is 52.0 Å². The first-order valence-corrected chi connectivity index (χ1v) is 10.8. The third-order valence-corrected chi connectivity index (χ3v) is 5.35. The van der Waals surface area contributed by atoms with E-state index in [1.54, 1.807) is 0 Å². The molecule has 0 saturated carbocycles. The summed E-state index contributed by atoms with van der Waals surface area (Å²) < 4.78 is 11.4. The number of carbonyl (C=O) groups is 2. The minimum atomic E-state index is -0.506. The molecule has 0 spiro atoms. The number of rotatable bonds is 7. The summed E-state index contributed by atoms with van der Waals surface area (Å²) in [4.78, 5) is 25.8. The van der Waals surface area contributed by atoms with Gasteiger partial charge in [-0.25, -0.2) is 4.79 Å². The lowest BCUT2D eigenvalue weighted by atomic mass is 9.99. The van der Waals surface area contributed by atoms with Crippen LogP contribution in [0.15, 0.2) is 30.3 Å². The van der Waals surface area contributed by atoms with Crippen LogP contribution in [0.1, 0.15) is 36.1 Å². The molecule has 0 aliphatic carbocycles. The van der Waals surface area contributed by atoms with Crippen molar-refractivity contribution in [3.05, 3.63) is 52.6 Å². The Hall–Kier alpha value is -3.06. The van der Waals surface area contributed by atoms with Crippen molar-refractivity contribution in [3.8, 4) is 11.5 Å². The molecule has 1 aliphatic rings. The van der Waals surface area contributed by atoms with Crippen LogP contribution in [0.4, 0.5) is 10.5 Å². The number of imide groups is 1. The number of carbonyl (C=O) groups excluding carboxylic acids is 2. The van der Waals surface area contributed by atoms with E-state index in [-0.39, 0.29) is 12.5 Å². The van der Waals surface area contributed by atoms with Crippen LogP contribution in [0.3, 0.4) is 0 Å². The van der Waals surface area contributed by atoms with Crippen LogP contribution < -0.4 is 25.0 Å². The summed E-state index contributed by atoms with van der Waals surface area (Å²) in [5.74, 6) is 1.21. The van der Waals surface area contributed by atoms with Crippen molar-refractivity contribution < 1.29 is 24.0 Å². The third kappa shape index (κ3) is 5.98.